The smallest absolute Gasteiger partial charge is 0.416 e. The van der Waals surface area contributed by atoms with Gasteiger partial charge in [0.05, 0.1) is 23.3 Å². The molecule has 2 aromatic carbocycles. The van der Waals surface area contributed by atoms with Crippen LogP contribution in [-0.2, 0) is 6.18 Å². The van der Waals surface area contributed by atoms with Crippen molar-refractivity contribution in [2.75, 3.05) is 12.0 Å². The number of hydrazone groups is 1. The highest BCUT2D eigenvalue weighted by Gasteiger charge is 2.33. The van der Waals surface area contributed by atoms with Crippen LogP contribution >= 0.6 is 0 Å². The maximum Gasteiger partial charge on any atom is 0.416 e. The van der Waals surface area contributed by atoms with Crippen LogP contribution in [0.3, 0.4) is 0 Å². The van der Waals surface area contributed by atoms with E-state index in [4.69, 9.17) is 4.74 Å². The Morgan fingerprint density at radius 1 is 1.35 bits per heavy atom. The highest BCUT2D eigenvalue weighted by molar-refractivity contribution is 5.85. The van der Waals surface area contributed by atoms with Crippen LogP contribution in [0.2, 0.25) is 0 Å². The molecule has 0 atom stereocenters. The Hall–Kier alpha value is -3.30. The third kappa shape index (κ3) is 4.41. The van der Waals surface area contributed by atoms with Gasteiger partial charge in [-0.1, -0.05) is 6.07 Å². The number of nitro benzene ring substituents is 1. The fourth-order valence-corrected chi connectivity index (χ4v) is 2.04. The number of para-hydroxylation sites is 1. The number of rotatable bonds is 6. The molecule has 0 fully saturated rings. The number of alkyl halides is 3. The first-order valence-electron chi connectivity index (χ1n) is 7.33. The lowest BCUT2D eigenvalue weighted by Crippen LogP contribution is -2.06. The van der Waals surface area contributed by atoms with Crippen molar-refractivity contribution in [3.8, 4) is 11.5 Å². The van der Waals surface area contributed by atoms with E-state index in [1.165, 1.54) is 12.3 Å². The van der Waals surface area contributed by atoms with E-state index in [2.05, 4.69) is 10.5 Å². The van der Waals surface area contributed by atoms with Crippen LogP contribution in [0.15, 0.2) is 41.5 Å². The van der Waals surface area contributed by atoms with Crippen LogP contribution < -0.4 is 10.2 Å². The Morgan fingerprint density at radius 3 is 2.69 bits per heavy atom. The molecule has 0 saturated heterocycles. The molecule has 0 heterocycles. The molecule has 2 N–H and O–H groups in total. The van der Waals surface area contributed by atoms with Gasteiger partial charge in [0.1, 0.15) is 5.69 Å². The zero-order chi connectivity index (χ0) is 19.3. The van der Waals surface area contributed by atoms with Crippen LogP contribution in [0.25, 0.3) is 0 Å². The molecule has 0 saturated carbocycles. The number of phenols is 1. The molecule has 2 aromatic rings. The first kappa shape index (κ1) is 19.0. The van der Waals surface area contributed by atoms with E-state index in [0.29, 0.717) is 18.7 Å². The summed E-state index contributed by atoms with van der Waals surface area (Å²) in [5, 5.41) is 24.7. The van der Waals surface area contributed by atoms with Crippen LogP contribution in [-0.4, -0.2) is 22.9 Å². The normalized spacial score (nSPS) is 11.5. The molecule has 0 aliphatic heterocycles. The Kier molecular flexibility index (Phi) is 5.65. The average Bonchev–Trinajstić information content (AvgIpc) is 2.57. The predicted octanol–water partition coefficient (Wildman–Crippen LogP) is 4.16. The number of hydrogen-bond acceptors (Lipinski definition) is 6. The summed E-state index contributed by atoms with van der Waals surface area (Å²) < 4.78 is 43.2. The van der Waals surface area contributed by atoms with E-state index in [1.807, 2.05) is 0 Å². The Morgan fingerprint density at radius 2 is 2.08 bits per heavy atom. The molecule has 2 rings (SSSR count). The van der Waals surface area contributed by atoms with Gasteiger partial charge in [-0.25, -0.2) is 0 Å². The standard InChI is InChI=1S/C16H14F3N3O4/c1-2-26-14-5-3-4-10(15(14)23)9-20-21-12-7-6-11(16(17,18)19)8-13(12)22(24)25/h3-9,21,23H,2H2,1H3/b20-9-. The van der Waals surface area contributed by atoms with Gasteiger partial charge < -0.3 is 9.84 Å². The summed E-state index contributed by atoms with van der Waals surface area (Å²) in [5.74, 6) is 0.0544. The van der Waals surface area contributed by atoms with Gasteiger partial charge in [-0.15, -0.1) is 0 Å². The van der Waals surface area contributed by atoms with Crippen molar-refractivity contribution in [1.82, 2.24) is 0 Å². The molecule has 0 unspecified atom stereocenters. The second kappa shape index (κ2) is 7.72. The van der Waals surface area contributed by atoms with Crippen LogP contribution in [0, 0.1) is 10.1 Å². The van der Waals surface area contributed by atoms with Gasteiger partial charge in [0, 0.05) is 11.6 Å². The van der Waals surface area contributed by atoms with Crippen molar-refractivity contribution >= 4 is 17.6 Å². The van der Waals surface area contributed by atoms with Gasteiger partial charge in [0.15, 0.2) is 11.5 Å². The third-order valence-electron chi connectivity index (χ3n) is 3.24. The minimum Gasteiger partial charge on any atom is -0.504 e. The largest absolute Gasteiger partial charge is 0.504 e. The highest BCUT2D eigenvalue weighted by atomic mass is 19.4. The zero-order valence-corrected chi connectivity index (χ0v) is 13.4. The molecular formula is C16H14F3N3O4. The van der Waals surface area contributed by atoms with Gasteiger partial charge in [-0.3, -0.25) is 15.5 Å². The van der Waals surface area contributed by atoms with Crippen molar-refractivity contribution in [2.45, 2.75) is 13.1 Å². The maximum absolute atomic E-state index is 12.7. The van der Waals surface area contributed by atoms with Gasteiger partial charge >= 0.3 is 6.18 Å². The van der Waals surface area contributed by atoms with E-state index in [0.717, 1.165) is 6.07 Å². The first-order valence-corrected chi connectivity index (χ1v) is 7.33. The summed E-state index contributed by atoms with van der Waals surface area (Å²) in [4.78, 5) is 10.1. The summed E-state index contributed by atoms with van der Waals surface area (Å²) in [5.41, 5.74) is 0.436. The molecule has 7 nitrogen and oxygen atoms in total. The monoisotopic (exact) mass is 369 g/mol. The summed E-state index contributed by atoms with van der Waals surface area (Å²) in [6.07, 6.45) is -3.53. The molecular weight excluding hydrogens is 355 g/mol. The van der Waals surface area contributed by atoms with E-state index in [9.17, 15) is 28.4 Å². The van der Waals surface area contributed by atoms with Crippen molar-refractivity contribution in [3.63, 3.8) is 0 Å². The van der Waals surface area contributed by atoms with E-state index in [-0.39, 0.29) is 22.7 Å². The molecule has 26 heavy (non-hydrogen) atoms. The summed E-state index contributed by atoms with van der Waals surface area (Å²) in [7, 11) is 0. The van der Waals surface area contributed by atoms with Crippen molar-refractivity contribution in [2.24, 2.45) is 5.10 Å². The number of ether oxygens (including phenoxy) is 1. The lowest BCUT2D eigenvalue weighted by atomic mass is 10.1. The molecule has 138 valence electrons. The number of phenolic OH excluding ortho intramolecular Hbond substituents is 1. The van der Waals surface area contributed by atoms with Crippen molar-refractivity contribution in [1.29, 1.82) is 0 Å². The molecule has 10 heteroatoms. The second-order valence-electron chi connectivity index (χ2n) is 4.98. The molecule has 0 bridgehead atoms. The molecule has 0 aliphatic carbocycles. The second-order valence-corrected chi connectivity index (χ2v) is 4.98. The number of nitro groups is 1. The lowest BCUT2D eigenvalue weighted by molar-refractivity contribution is -0.384. The molecule has 0 spiro atoms. The number of benzene rings is 2. The Bertz CT molecular complexity index is 838. The lowest BCUT2D eigenvalue weighted by Gasteiger charge is -2.09. The van der Waals surface area contributed by atoms with Crippen molar-refractivity contribution in [3.05, 3.63) is 57.6 Å². The van der Waals surface area contributed by atoms with Gasteiger partial charge in [0.25, 0.3) is 5.69 Å². The fraction of sp³-hybridized carbons (Fsp3) is 0.188. The molecule has 0 aliphatic rings. The predicted molar refractivity (Wildman–Crippen MR) is 88.6 cm³/mol. The average molecular weight is 369 g/mol. The minimum absolute atomic E-state index is 0.179. The molecule has 0 radical (unpaired) electrons. The molecule has 0 amide bonds. The van der Waals surface area contributed by atoms with Gasteiger partial charge in [-0.05, 0) is 31.2 Å². The Balaban J connectivity index is 2.25. The summed E-state index contributed by atoms with van der Waals surface area (Å²) >= 11 is 0. The minimum atomic E-state index is -4.70. The third-order valence-corrected chi connectivity index (χ3v) is 3.24. The summed E-state index contributed by atoms with van der Waals surface area (Å²) in [6, 6.07) is 6.71. The number of nitrogens with zero attached hydrogens (tertiary/aromatic N) is 2. The zero-order valence-electron chi connectivity index (χ0n) is 13.4. The Labute approximate surface area is 145 Å². The number of anilines is 1. The van der Waals surface area contributed by atoms with Gasteiger partial charge in [-0.2, -0.15) is 18.3 Å². The van der Waals surface area contributed by atoms with E-state index >= 15 is 0 Å². The van der Waals surface area contributed by atoms with Crippen LogP contribution in [0.4, 0.5) is 24.5 Å². The van der Waals surface area contributed by atoms with Gasteiger partial charge in [0.2, 0.25) is 0 Å². The fourth-order valence-electron chi connectivity index (χ4n) is 2.04. The van der Waals surface area contributed by atoms with Crippen molar-refractivity contribution < 1.29 is 27.9 Å². The number of nitrogens with one attached hydrogen (secondary N) is 1. The SMILES string of the molecule is CCOc1cccc(/C=N\Nc2ccc(C(F)(F)F)cc2[N+](=O)[O-])c1O. The number of hydrogen-bond donors (Lipinski definition) is 2. The first-order chi connectivity index (χ1) is 12.2. The summed E-state index contributed by atoms with van der Waals surface area (Å²) in [6.45, 7) is 2.08. The van der Waals surface area contributed by atoms with E-state index < -0.39 is 22.4 Å². The topological polar surface area (TPSA) is 97.0 Å². The molecule has 0 aromatic heterocycles. The highest BCUT2D eigenvalue weighted by Crippen LogP contribution is 2.35. The van der Waals surface area contributed by atoms with E-state index in [1.54, 1.807) is 19.1 Å². The maximum atomic E-state index is 12.7. The van der Waals surface area contributed by atoms with Crippen LogP contribution in [0.5, 0.6) is 11.5 Å². The quantitative estimate of drug-likeness (QED) is 0.453. The number of aromatic hydroxyl groups is 1. The number of halogens is 3. The van der Waals surface area contributed by atoms with Crippen LogP contribution in [0.1, 0.15) is 18.1 Å².